The van der Waals surface area contributed by atoms with Crippen LogP contribution in [-0.4, -0.2) is 10.1 Å². The van der Waals surface area contributed by atoms with Crippen LogP contribution >= 0.6 is 0 Å². The summed E-state index contributed by atoms with van der Waals surface area (Å²) in [4.78, 5) is 4.27. The topological polar surface area (TPSA) is 48.2 Å². The molecule has 0 N–H and O–H groups in total. The quantitative estimate of drug-likeness (QED) is 0.713. The largest absolute Gasteiger partial charge is 0.478 e. The van der Waals surface area contributed by atoms with E-state index in [4.69, 9.17) is 9.26 Å². The highest BCUT2D eigenvalue weighted by atomic mass is 19.2. The zero-order chi connectivity index (χ0) is 16.4. The van der Waals surface area contributed by atoms with Gasteiger partial charge in [0.1, 0.15) is 0 Å². The van der Waals surface area contributed by atoms with Gasteiger partial charge < -0.3 is 9.26 Å². The van der Waals surface area contributed by atoms with Crippen molar-refractivity contribution in [3.05, 3.63) is 65.6 Å². The van der Waals surface area contributed by atoms with Crippen LogP contribution in [0.2, 0.25) is 0 Å². The highest BCUT2D eigenvalue weighted by Crippen LogP contribution is 2.27. The van der Waals surface area contributed by atoms with Gasteiger partial charge in [-0.15, -0.1) is 0 Å². The van der Waals surface area contributed by atoms with Crippen LogP contribution in [0.3, 0.4) is 0 Å². The van der Waals surface area contributed by atoms with Crippen LogP contribution in [0, 0.1) is 18.6 Å². The van der Waals surface area contributed by atoms with Crippen molar-refractivity contribution < 1.29 is 18.0 Å². The van der Waals surface area contributed by atoms with Gasteiger partial charge in [-0.1, -0.05) is 35.5 Å². The molecule has 1 heterocycles. The number of rotatable bonds is 4. The first-order valence-electron chi connectivity index (χ1n) is 7.06. The van der Waals surface area contributed by atoms with E-state index in [1.54, 1.807) is 6.92 Å². The van der Waals surface area contributed by atoms with Gasteiger partial charge >= 0.3 is 0 Å². The van der Waals surface area contributed by atoms with Crippen molar-refractivity contribution in [2.45, 2.75) is 20.0 Å². The Bertz CT molecular complexity index is 833. The second-order valence-corrected chi connectivity index (χ2v) is 5.08. The van der Waals surface area contributed by atoms with Crippen LogP contribution in [0.25, 0.3) is 11.4 Å². The fraction of sp³-hybridized carbons (Fsp3) is 0.176. The normalized spacial score (nSPS) is 12.2. The minimum absolute atomic E-state index is 0.187. The Balaban J connectivity index is 1.83. The van der Waals surface area contributed by atoms with Gasteiger partial charge in [0.05, 0.1) is 0 Å². The smallest absolute Gasteiger partial charge is 0.267 e. The molecule has 0 bridgehead atoms. The van der Waals surface area contributed by atoms with Gasteiger partial charge in [-0.05, 0) is 31.5 Å². The number of hydrogen-bond donors (Lipinski definition) is 0. The van der Waals surface area contributed by atoms with Crippen LogP contribution < -0.4 is 4.74 Å². The average Bonchev–Trinajstić information content (AvgIpc) is 3.02. The highest BCUT2D eigenvalue weighted by molar-refractivity contribution is 5.58. The summed E-state index contributed by atoms with van der Waals surface area (Å²) in [6.45, 7) is 3.56. The Morgan fingerprint density at radius 1 is 1.09 bits per heavy atom. The Labute approximate surface area is 131 Å². The summed E-state index contributed by atoms with van der Waals surface area (Å²) in [6, 6.07) is 11.3. The first kappa shape index (κ1) is 15.1. The van der Waals surface area contributed by atoms with Crippen molar-refractivity contribution in [1.29, 1.82) is 0 Å². The minimum Gasteiger partial charge on any atom is -0.478 e. The zero-order valence-electron chi connectivity index (χ0n) is 12.6. The SMILES string of the molecule is Cc1ccccc1-c1noc([C@@H](C)Oc2cccc(F)c2F)n1. The third kappa shape index (κ3) is 3.06. The fourth-order valence-electron chi connectivity index (χ4n) is 2.15. The third-order valence-corrected chi connectivity index (χ3v) is 3.40. The zero-order valence-corrected chi connectivity index (χ0v) is 12.6. The summed E-state index contributed by atoms with van der Waals surface area (Å²) in [5.41, 5.74) is 1.84. The number of benzene rings is 2. The van der Waals surface area contributed by atoms with Crippen LogP contribution in [-0.2, 0) is 0 Å². The molecular weight excluding hydrogens is 302 g/mol. The van der Waals surface area contributed by atoms with E-state index in [0.717, 1.165) is 17.2 Å². The lowest BCUT2D eigenvalue weighted by molar-refractivity contribution is 0.167. The number of nitrogens with zero attached hydrogens (tertiary/aromatic N) is 2. The molecule has 0 amide bonds. The van der Waals surface area contributed by atoms with E-state index in [2.05, 4.69) is 10.1 Å². The van der Waals surface area contributed by atoms with E-state index in [9.17, 15) is 8.78 Å². The highest BCUT2D eigenvalue weighted by Gasteiger charge is 2.20. The van der Waals surface area contributed by atoms with Crippen LogP contribution in [0.15, 0.2) is 47.0 Å². The molecule has 0 unspecified atom stereocenters. The number of aryl methyl sites for hydroxylation is 1. The van der Waals surface area contributed by atoms with Crippen molar-refractivity contribution >= 4 is 0 Å². The van der Waals surface area contributed by atoms with Gasteiger partial charge in [-0.25, -0.2) is 4.39 Å². The maximum Gasteiger partial charge on any atom is 0.267 e. The predicted octanol–water partition coefficient (Wildman–Crippen LogP) is 4.46. The molecule has 6 heteroatoms. The molecule has 0 saturated carbocycles. The molecule has 0 aliphatic rings. The van der Waals surface area contributed by atoms with Crippen LogP contribution in [0.1, 0.15) is 24.5 Å². The Hall–Kier alpha value is -2.76. The molecule has 0 aliphatic carbocycles. The average molecular weight is 316 g/mol. The predicted molar refractivity (Wildman–Crippen MR) is 79.9 cm³/mol. The molecule has 1 atom stereocenters. The van der Waals surface area contributed by atoms with Gasteiger partial charge in [0, 0.05) is 5.56 Å². The summed E-state index contributed by atoms with van der Waals surface area (Å²) in [7, 11) is 0. The summed E-state index contributed by atoms with van der Waals surface area (Å²) < 4.78 is 37.4. The van der Waals surface area contributed by atoms with Crippen molar-refractivity contribution in [2.24, 2.45) is 0 Å². The molecule has 2 aromatic carbocycles. The molecule has 3 rings (SSSR count). The number of ether oxygens (including phenoxy) is 1. The Kier molecular flexibility index (Phi) is 4.06. The fourth-order valence-corrected chi connectivity index (χ4v) is 2.15. The standard InChI is InChI=1S/C17H14F2N2O2/c1-10-6-3-4-7-12(10)16-20-17(23-21-16)11(2)22-14-9-5-8-13(18)15(14)19/h3-9,11H,1-2H3/t11-/m1/s1. The molecule has 0 fully saturated rings. The number of halogens is 2. The van der Waals surface area contributed by atoms with Gasteiger partial charge in [-0.2, -0.15) is 9.37 Å². The molecule has 0 spiro atoms. The summed E-state index contributed by atoms with van der Waals surface area (Å²) >= 11 is 0. The molecule has 3 aromatic rings. The van der Waals surface area contributed by atoms with Gasteiger partial charge in [0.2, 0.25) is 11.6 Å². The molecule has 0 aliphatic heterocycles. The van der Waals surface area contributed by atoms with Crippen molar-refractivity contribution in [3.63, 3.8) is 0 Å². The lowest BCUT2D eigenvalue weighted by atomic mass is 10.1. The van der Waals surface area contributed by atoms with E-state index >= 15 is 0 Å². The van der Waals surface area contributed by atoms with Crippen LogP contribution in [0.4, 0.5) is 8.78 Å². The number of aromatic nitrogens is 2. The number of hydrogen-bond acceptors (Lipinski definition) is 4. The molecule has 118 valence electrons. The Morgan fingerprint density at radius 3 is 2.65 bits per heavy atom. The van der Waals surface area contributed by atoms with Crippen molar-refractivity contribution in [2.75, 3.05) is 0 Å². The molecule has 4 nitrogen and oxygen atoms in total. The van der Waals surface area contributed by atoms with Gasteiger partial charge in [0.25, 0.3) is 5.89 Å². The van der Waals surface area contributed by atoms with Gasteiger partial charge in [-0.3, -0.25) is 0 Å². The first-order valence-corrected chi connectivity index (χ1v) is 7.06. The van der Waals surface area contributed by atoms with E-state index in [0.29, 0.717) is 5.82 Å². The third-order valence-electron chi connectivity index (χ3n) is 3.40. The lowest BCUT2D eigenvalue weighted by Gasteiger charge is -2.11. The van der Waals surface area contributed by atoms with E-state index in [1.807, 2.05) is 31.2 Å². The van der Waals surface area contributed by atoms with E-state index in [-0.39, 0.29) is 11.6 Å². The lowest BCUT2D eigenvalue weighted by Crippen LogP contribution is -2.05. The van der Waals surface area contributed by atoms with Crippen molar-refractivity contribution in [1.82, 2.24) is 10.1 Å². The minimum atomic E-state index is -1.04. The van der Waals surface area contributed by atoms with E-state index < -0.39 is 17.7 Å². The molecule has 23 heavy (non-hydrogen) atoms. The second kappa shape index (κ2) is 6.16. The summed E-state index contributed by atoms with van der Waals surface area (Å²) in [5, 5.41) is 3.92. The van der Waals surface area contributed by atoms with Crippen molar-refractivity contribution in [3.8, 4) is 17.1 Å². The summed E-state index contributed by atoms with van der Waals surface area (Å²) in [6.07, 6.45) is -0.712. The molecule has 0 saturated heterocycles. The monoisotopic (exact) mass is 316 g/mol. The first-order chi connectivity index (χ1) is 11.1. The van der Waals surface area contributed by atoms with E-state index in [1.165, 1.54) is 12.1 Å². The molecule has 0 radical (unpaired) electrons. The molecular formula is C17H14F2N2O2. The maximum absolute atomic E-state index is 13.6. The maximum atomic E-state index is 13.6. The second-order valence-electron chi connectivity index (χ2n) is 5.08. The molecule has 1 aromatic heterocycles. The summed E-state index contributed by atoms with van der Waals surface area (Å²) in [5.74, 6) is -1.60. The Morgan fingerprint density at radius 2 is 1.87 bits per heavy atom. The van der Waals surface area contributed by atoms with Gasteiger partial charge in [0.15, 0.2) is 17.7 Å². The van der Waals surface area contributed by atoms with Crippen LogP contribution in [0.5, 0.6) is 5.75 Å².